The molecular formula is C20H17F2N5O2. The quantitative estimate of drug-likeness (QED) is 0.604. The third kappa shape index (κ3) is 5.32. The topological polar surface area (TPSA) is 96.0 Å². The van der Waals surface area contributed by atoms with Crippen LogP contribution in [0, 0.1) is 18.6 Å². The molecule has 2 amide bonds. The monoisotopic (exact) mass is 397 g/mol. The van der Waals surface area contributed by atoms with Crippen LogP contribution in [0.15, 0.2) is 48.5 Å². The number of carbonyl (C=O) groups excluding carboxylic acids is 2. The van der Waals surface area contributed by atoms with Gasteiger partial charge in [0.05, 0.1) is 5.69 Å². The Morgan fingerprint density at radius 3 is 2.17 bits per heavy atom. The van der Waals surface area contributed by atoms with Crippen LogP contribution in [0.3, 0.4) is 0 Å². The second-order valence-electron chi connectivity index (χ2n) is 6.18. The molecule has 0 unspecified atom stereocenters. The summed E-state index contributed by atoms with van der Waals surface area (Å²) in [6.45, 7) is 3.06. The summed E-state index contributed by atoms with van der Waals surface area (Å²) >= 11 is 0. The molecule has 0 saturated carbocycles. The lowest BCUT2D eigenvalue weighted by Crippen LogP contribution is -2.15. The number of halogens is 2. The summed E-state index contributed by atoms with van der Waals surface area (Å²) in [4.78, 5) is 31.8. The number of benzene rings is 2. The van der Waals surface area contributed by atoms with E-state index in [4.69, 9.17) is 0 Å². The standard InChI is InChI=1S/C20H17F2N5O2/c1-11-9-18(19(29)25-15-6-4-14(5-7-15)24-12(2)28)27-20(23-11)26-17-8-3-13(21)10-16(17)22/h3-10H,1-2H3,(H,24,28)(H,25,29)(H,23,26,27). The Bertz CT molecular complexity index is 1070. The molecule has 0 saturated heterocycles. The molecule has 3 aromatic rings. The Labute approximate surface area is 165 Å². The van der Waals surface area contributed by atoms with Gasteiger partial charge in [-0.1, -0.05) is 0 Å². The van der Waals surface area contributed by atoms with Gasteiger partial charge in [-0.2, -0.15) is 0 Å². The highest BCUT2D eigenvalue weighted by molar-refractivity contribution is 6.03. The first-order valence-corrected chi connectivity index (χ1v) is 8.57. The summed E-state index contributed by atoms with van der Waals surface area (Å²) in [7, 11) is 0. The molecule has 0 radical (unpaired) electrons. The Hall–Kier alpha value is -3.88. The van der Waals surface area contributed by atoms with Crippen molar-refractivity contribution in [2.45, 2.75) is 13.8 Å². The van der Waals surface area contributed by atoms with Crippen molar-refractivity contribution in [1.29, 1.82) is 0 Å². The van der Waals surface area contributed by atoms with E-state index in [1.165, 1.54) is 19.1 Å². The molecule has 0 fully saturated rings. The summed E-state index contributed by atoms with van der Waals surface area (Å²) < 4.78 is 26.9. The molecule has 0 atom stereocenters. The van der Waals surface area contributed by atoms with Crippen molar-refractivity contribution in [1.82, 2.24) is 9.97 Å². The minimum atomic E-state index is -0.805. The number of nitrogens with zero attached hydrogens (tertiary/aromatic N) is 2. The first-order valence-electron chi connectivity index (χ1n) is 8.57. The minimum absolute atomic E-state index is 0.00154. The smallest absolute Gasteiger partial charge is 0.274 e. The van der Waals surface area contributed by atoms with Gasteiger partial charge in [-0.3, -0.25) is 9.59 Å². The fraction of sp³-hybridized carbons (Fsp3) is 0.100. The molecule has 0 spiro atoms. The predicted molar refractivity (Wildman–Crippen MR) is 105 cm³/mol. The van der Waals surface area contributed by atoms with Crippen LogP contribution in [0.1, 0.15) is 23.1 Å². The minimum Gasteiger partial charge on any atom is -0.326 e. The number of carbonyl (C=O) groups is 2. The summed E-state index contributed by atoms with van der Waals surface area (Å²) in [5.74, 6) is -2.20. The van der Waals surface area contributed by atoms with E-state index in [1.807, 2.05) is 0 Å². The van der Waals surface area contributed by atoms with Crippen molar-refractivity contribution in [2.24, 2.45) is 0 Å². The van der Waals surface area contributed by atoms with Gasteiger partial charge in [-0.25, -0.2) is 18.7 Å². The zero-order valence-electron chi connectivity index (χ0n) is 15.6. The molecule has 7 nitrogen and oxygen atoms in total. The molecule has 9 heteroatoms. The largest absolute Gasteiger partial charge is 0.326 e. The van der Waals surface area contributed by atoms with Gasteiger partial charge in [0.2, 0.25) is 11.9 Å². The summed E-state index contributed by atoms with van der Waals surface area (Å²) in [6, 6.07) is 11.1. The van der Waals surface area contributed by atoms with Crippen LogP contribution in [0.25, 0.3) is 0 Å². The lowest BCUT2D eigenvalue weighted by molar-refractivity contribution is -0.114. The highest BCUT2D eigenvalue weighted by Gasteiger charge is 2.13. The number of aryl methyl sites for hydroxylation is 1. The lowest BCUT2D eigenvalue weighted by atomic mass is 10.2. The van der Waals surface area contributed by atoms with E-state index in [0.29, 0.717) is 17.1 Å². The van der Waals surface area contributed by atoms with Crippen LogP contribution in [-0.4, -0.2) is 21.8 Å². The van der Waals surface area contributed by atoms with Crippen LogP contribution >= 0.6 is 0 Å². The first-order chi connectivity index (χ1) is 13.8. The SMILES string of the molecule is CC(=O)Nc1ccc(NC(=O)c2cc(C)nc(Nc3ccc(F)cc3F)n2)cc1. The molecule has 0 bridgehead atoms. The van der Waals surface area contributed by atoms with Gasteiger partial charge in [0.25, 0.3) is 5.91 Å². The molecule has 1 heterocycles. The highest BCUT2D eigenvalue weighted by Crippen LogP contribution is 2.20. The van der Waals surface area contributed by atoms with Gasteiger partial charge in [-0.05, 0) is 49.4 Å². The van der Waals surface area contributed by atoms with E-state index in [-0.39, 0.29) is 23.2 Å². The number of nitrogens with one attached hydrogen (secondary N) is 3. The molecule has 2 aromatic carbocycles. The van der Waals surface area contributed by atoms with Crippen molar-refractivity contribution in [3.63, 3.8) is 0 Å². The molecule has 0 aliphatic carbocycles. The third-order valence-corrected chi connectivity index (χ3v) is 3.73. The van der Waals surface area contributed by atoms with Crippen molar-refractivity contribution in [3.8, 4) is 0 Å². The van der Waals surface area contributed by atoms with Crippen LogP contribution in [0.2, 0.25) is 0 Å². The maximum atomic E-state index is 13.8. The average molecular weight is 397 g/mol. The van der Waals surface area contributed by atoms with Crippen molar-refractivity contribution in [2.75, 3.05) is 16.0 Å². The summed E-state index contributed by atoms with van der Waals surface area (Å²) in [5, 5.41) is 7.95. The summed E-state index contributed by atoms with van der Waals surface area (Å²) in [5.41, 5.74) is 1.63. The Morgan fingerprint density at radius 1 is 0.897 bits per heavy atom. The molecule has 1 aromatic heterocycles. The number of hydrogen-bond acceptors (Lipinski definition) is 5. The third-order valence-electron chi connectivity index (χ3n) is 3.73. The van der Waals surface area contributed by atoms with Gasteiger partial charge in [0.15, 0.2) is 0 Å². The van der Waals surface area contributed by atoms with E-state index < -0.39 is 17.5 Å². The molecular weight excluding hydrogens is 380 g/mol. The fourth-order valence-corrected chi connectivity index (χ4v) is 2.49. The van der Waals surface area contributed by atoms with Crippen LogP contribution < -0.4 is 16.0 Å². The molecule has 3 rings (SSSR count). The fourth-order valence-electron chi connectivity index (χ4n) is 2.49. The number of rotatable bonds is 5. The Kier molecular flexibility index (Phi) is 5.77. The summed E-state index contributed by atoms with van der Waals surface area (Å²) in [6.07, 6.45) is 0. The van der Waals surface area contributed by atoms with Gasteiger partial charge in [0, 0.05) is 30.1 Å². The zero-order chi connectivity index (χ0) is 21.0. The van der Waals surface area contributed by atoms with E-state index in [0.717, 1.165) is 12.1 Å². The average Bonchev–Trinajstić information content (AvgIpc) is 2.65. The highest BCUT2D eigenvalue weighted by atomic mass is 19.1. The van der Waals surface area contributed by atoms with Crippen LogP contribution in [0.4, 0.5) is 31.8 Å². The van der Waals surface area contributed by atoms with Crippen molar-refractivity contribution in [3.05, 3.63) is 71.6 Å². The number of anilines is 4. The van der Waals surface area contributed by atoms with Crippen LogP contribution in [0.5, 0.6) is 0 Å². The second kappa shape index (κ2) is 8.42. The zero-order valence-corrected chi connectivity index (χ0v) is 15.6. The number of amides is 2. The maximum absolute atomic E-state index is 13.8. The Morgan fingerprint density at radius 2 is 1.55 bits per heavy atom. The lowest BCUT2D eigenvalue weighted by Gasteiger charge is -2.10. The van der Waals surface area contributed by atoms with E-state index in [9.17, 15) is 18.4 Å². The van der Waals surface area contributed by atoms with Crippen molar-refractivity contribution >= 4 is 34.8 Å². The van der Waals surface area contributed by atoms with E-state index in [2.05, 4.69) is 25.9 Å². The molecule has 148 valence electrons. The molecule has 0 aliphatic rings. The maximum Gasteiger partial charge on any atom is 0.274 e. The van der Waals surface area contributed by atoms with E-state index >= 15 is 0 Å². The Balaban J connectivity index is 1.76. The van der Waals surface area contributed by atoms with Gasteiger partial charge < -0.3 is 16.0 Å². The molecule has 0 aliphatic heterocycles. The molecule has 29 heavy (non-hydrogen) atoms. The predicted octanol–water partition coefficient (Wildman–Crippen LogP) is 4.02. The first kappa shape index (κ1) is 19.9. The number of hydrogen-bond donors (Lipinski definition) is 3. The van der Waals surface area contributed by atoms with Gasteiger partial charge >= 0.3 is 0 Å². The van der Waals surface area contributed by atoms with E-state index in [1.54, 1.807) is 31.2 Å². The second-order valence-corrected chi connectivity index (χ2v) is 6.18. The molecule has 3 N–H and O–H groups in total. The normalized spacial score (nSPS) is 10.3. The number of aromatic nitrogens is 2. The van der Waals surface area contributed by atoms with Gasteiger partial charge in [-0.15, -0.1) is 0 Å². The van der Waals surface area contributed by atoms with Crippen molar-refractivity contribution < 1.29 is 18.4 Å². The van der Waals surface area contributed by atoms with Crippen LogP contribution in [-0.2, 0) is 4.79 Å². The van der Waals surface area contributed by atoms with Gasteiger partial charge in [0.1, 0.15) is 17.3 Å².